The summed E-state index contributed by atoms with van der Waals surface area (Å²) in [5.41, 5.74) is 8.72. The number of nitrogen functional groups attached to an aromatic ring is 1. The van der Waals surface area contributed by atoms with E-state index in [2.05, 4.69) is 21.0 Å². The number of halogens is 1. The van der Waals surface area contributed by atoms with Crippen LogP contribution < -0.4 is 10.5 Å². The number of methoxy groups -OCH3 is 1. The number of nitrogens with zero attached hydrogens (tertiary/aromatic N) is 2. The minimum Gasteiger partial charge on any atom is -0.496 e. The highest BCUT2D eigenvalue weighted by Crippen LogP contribution is 2.36. The quantitative estimate of drug-likeness (QED) is 0.927. The molecule has 0 fully saturated rings. The summed E-state index contributed by atoms with van der Waals surface area (Å²) < 4.78 is 7.85. The van der Waals surface area contributed by atoms with Crippen molar-refractivity contribution < 1.29 is 4.74 Å². The molecule has 1 heterocycles. The van der Waals surface area contributed by atoms with Crippen LogP contribution in [0, 0.1) is 6.92 Å². The lowest BCUT2D eigenvalue weighted by Crippen LogP contribution is -1.96. The van der Waals surface area contributed by atoms with E-state index in [1.54, 1.807) is 11.8 Å². The average Bonchev–Trinajstić information content (AvgIpc) is 2.62. The molecule has 5 heteroatoms. The van der Waals surface area contributed by atoms with Crippen LogP contribution in [-0.2, 0) is 7.05 Å². The van der Waals surface area contributed by atoms with Crippen LogP contribution in [0.3, 0.4) is 0 Å². The molecular weight excluding hydrogens is 282 g/mol. The van der Waals surface area contributed by atoms with Gasteiger partial charge in [-0.25, -0.2) is 0 Å². The standard InChI is InChI=1S/C12H14BrN3O/c1-7-4-8(12(13)10(5-7)17-3)9-6-11(14)16(2)15-9/h4-6H,14H2,1-3H3. The molecule has 0 aliphatic rings. The van der Waals surface area contributed by atoms with Crippen molar-refractivity contribution in [3.8, 4) is 17.0 Å². The molecule has 2 rings (SSSR count). The van der Waals surface area contributed by atoms with Gasteiger partial charge in [0, 0.05) is 18.7 Å². The number of benzene rings is 1. The molecule has 0 spiro atoms. The highest BCUT2D eigenvalue weighted by atomic mass is 79.9. The normalized spacial score (nSPS) is 10.6. The number of ether oxygens (including phenoxy) is 1. The average molecular weight is 296 g/mol. The van der Waals surface area contributed by atoms with E-state index in [0.717, 1.165) is 27.0 Å². The molecule has 0 saturated heterocycles. The molecule has 90 valence electrons. The molecule has 1 aromatic heterocycles. The molecule has 4 nitrogen and oxygen atoms in total. The Bertz CT molecular complexity index is 544. The van der Waals surface area contributed by atoms with E-state index in [4.69, 9.17) is 10.5 Å². The predicted molar refractivity (Wildman–Crippen MR) is 72.0 cm³/mol. The van der Waals surface area contributed by atoms with E-state index in [1.165, 1.54) is 0 Å². The van der Waals surface area contributed by atoms with Gasteiger partial charge in [-0.2, -0.15) is 5.10 Å². The summed E-state index contributed by atoms with van der Waals surface area (Å²) in [6.07, 6.45) is 0. The van der Waals surface area contributed by atoms with Crippen molar-refractivity contribution in [1.29, 1.82) is 0 Å². The molecule has 0 saturated carbocycles. The topological polar surface area (TPSA) is 53.1 Å². The van der Waals surface area contributed by atoms with Gasteiger partial charge in [-0.15, -0.1) is 0 Å². The number of aromatic nitrogens is 2. The van der Waals surface area contributed by atoms with Gasteiger partial charge in [0.15, 0.2) is 0 Å². The molecular formula is C12H14BrN3O. The zero-order valence-electron chi connectivity index (χ0n) is 9.99. The summed E-state index contributed by atoms with van der Waals surface area (Å²) >= 11 is 3.53. The molecule has 2 aromatic rings. The van der Waals surface area contributed by atoms with Gasteiger partial charge in [0.2, 0.25) is 0 Å². The van der Waals surface area contributed by atoms with Gasteiger partial charge >= 0.3 is 0 Å². The Morgan fingerprint density at radius 1 is 1.35 bits per heavy atom. The third-order valence-corrected chi connectivity index (χ3v) is 3.41. The molecule has 2 N–H and O–H groups in total. The molecule has 0 bridgehead atoms. The zero-order chi connectivity index (χ0) is 12.6. The van der Waals surface area contributed by atoms with Crippen molar-refractivity contribution in [2.24, 2.45) is 7.05 Å². The Morgan fingerprint density at radius 3 is 2.59 bits per heavy atom. The fraction of sp³-hybridized carbons (Fsp3) is 0.250. The van der Waals surface area contributed by atoms with E-state index in [9.17, 15) is 0 Å². The van der Waals surface area contributed by atoms with Crippen LogP contribution in [-0.4, -0.2) is 16.9 Å². The van der Waals surface area contributed by atoms with E-state index in [-0.39, 0.29) is 0 Å². The Labute approximate surface area is 109 Å². The van der Waals surface area contributed by atoms with Crippen LogP contribution in [0.15, 0.2) is 22.7 Å². The fourth-order valence-electron chi connectivity index (χ4n) is 1.68. The molecule has 0 atom stereocenters. The summed E-state index contributed by atoms with van der Waals surface area (Å²) in [6, 6.07) is 5.87. The summed E-state index contributed by atoms with van der Waals surface area (Å²) in [5.74, 6) is 1.43. The highest BCUT2D eigenvalue weighted by molar-refractivity contribution is 9.10. The number of hydrogen-bond donors (Lipinski definition) is 1. The SMILES string of the molecule is COc1cc(C)cc(-c2cc(N)n(C)n2)c1Br. The third-order valence-electron chi connectivity index (χ3n) is 2.60. The Kier molecular flexibility index (Phi) is 3.11. The minimum absolute atomic E-state index is 0.632. The van der Waals surface area contributed by atoms with Crippen LogP contribution in [0.2, 0.25) is 0 Å². The first-order chi connectivity index (χ1) is 8.02. The van der Waals surface area contributed by atoms with Gasteiger partial charge in [0.05, 0.1) is 17.3 Å². The molecule has 0 aliphatic heterocycles. The van der Waals surface area contributed by atoms with Crippen molar-refractivity contribution in [2.75, 3.05) is 12.8 Å². The van der Waals surface area contributed by atoms with Gasteiger partial charge < -0.3 is 10.5 Å². The van der Waals surface area contributed by atoms with Crippen LogP contribution in [0.5, 0.6) is 5.75 Å². The molecule has 1 aromatic carbocycles. The Balaban J connectivity index is 2.62. The van der Waals surface area contributed by atoms with Crippen molar-refractivity contribution in [3.05, 3.63) is 28.2 Å². The minimum atomic E-state index is 0.632. The third kappa shape index (κ3) is 2.15. The predicted octanol–water partition coefficient (Wildman–Crippen LogP) is 2.75. The lowest BCUT2D eigenvalue weighted by Gasteiger charge is -2.08. The summed E-state index contributed by atoms with van der Waals surface area (Å²) in [6.45, 7) is 2.02. The van der Waals surface area contributed by atoms with E-state index >= 15 is 0 Å². The Hall–Kier alpha value is -1.49. The monoisotopic (exact) mass is 295 g/mol. The summed E-state index contributed by atoms with van der Waals surface area (Å²) in [4.78, 5) is 0. The second-order valence-corrected chi connectivity index (χ2v) is 4.70. The van der Waals surface area contributed by atoms with Crippen LogP contribution in [0.25, 0.3) is 11.3 Å². The number of anilines is 1. The van der Waals surface area contributed by atoms with Crippen molar-refractivity contribution in [1.82, 2.24) is 9.78 Å². The van der Waals surface area contributed by atoms with Gasteiger partial charge in [0.1, 0.15) is 11.6 Å². The molecule has 0 aliphatic carbocycles. The maximum atomic E-state index is 5.79. The first-order valence-corrected chi connectivity index (χ1v) is 5.96. The van der Waals surface area contributed by atoms with Crippen LogP contribution in [0.1, 0.15) is 5.56 Å². The fourth-order valence-corrected chi connectivity index (χ4v) is 2.28. The number of rotatable bonds is 2. The number of hydrogen-bond acceptors (Lipinski definition) is 3. The maximum absolute atomic E-state index is 5.79. The highest BCUT2D eigenvalue weighted by Gasteiger charge is 2.13. The second kappa shape index (κ2) is 4.41. The van der Waals surface area contributed by atoms with Crippen molar-refractivity contribution >= 4 is 21.7 Å². The lowest BCUT2D eigenvalue weighted by atomic mass is 10.1. The van der Waals surface area contributed by atoms with Crippen LogP contribution >= 0.6 is 15.9 Å². The Morgan fingerprint density at radius 2 is 2.06 bits per heavy atom. The smallest absolute Gasteiger partial charge is 0.133 e. The summed E-state index contributed by atoms with van der Waals surface area (Å²) in [5, 5.41) is 4.36. The summed E-state index contributed by atoms with van der Waals surface area (Å²) in [7, 11) is 3.47. The van der Waals surface area contributed by atoms with E-state index < -0.39 is 0 Å². The maximum Gasteiger partial charge on any atom is 0.133 e. The van der Waals surface area contributed by atoms with Gasteiger partial charge in [-0.1, -0.05) is 0 Å². The largest absolute Gasteiger partial charge is 0.496 e. The van der Waals surface area contributed by atoms with Crippen LogP contribution in [0.4, 0.5) is 5.82 Å². The van der Waals surface area contributed by atoms with Gasteiger partial charge in [-0.3, -0.25) is 4.68 Å². The molecule has 17 heavy (non-hydrogen) atoms. The molecule has 0 radical (unpaired) electrons. The first kappa shape index (κ1) is 12.0. The van der Waals surface area contributed by atoms with Gasteiger partial charge in [-0.05, 0) is 40.5 Å². The zero-order valence-corrected chi connectivity index (χ0v) is 11.6. The van der Waals surface area contributed by atoms with Crippen molar-refractivity contribution in [3.63, 3.8) is 0 Å². The first-order valence-electron chi connectivity index (χ1n) is 5.17. The van der Waals surface area contributed by atoms with Gasteiger partial charge in [0.25, 0.3) is 0 Å². The second-order valence-electron chi connectivity index (χ2n) is 3.91. The van der Waals surface area contributed by atoms with Crippen molar-refractivity contribution in [2.45, 2.75) is 6.92 Å². The van der Waals surface area contributed by atoms with E-state index in [1.807, 2.05) is 32.2 Å². The molecule has 0 unspecified atom stereocenters. The molecule has 0 amide bonds. The number of nitrogens with two attached hydrogens (primary N) is 1. The number of aryl methyl sites for hydroxylation is 2. The van der Waals surface area contributed by atoms with E-state index in [0.29, 0.717) is 5.82 Å². The lowest BCUT2D eigenvalue weighted by molar-refractivity contribution is 0.412.